The molecular formula is C16H22BrNO4. The molecule has 0 bridgehead atoms. The molecule has 0 aliphatic carbocycles. The number of halogens is 1. The fourth-order valence-corrected chi connectivity index (χ4v) is 2.80. The molecule has 5 nitrogen and oxygen atoms in total. The number of carboxylic acid groups (broad SMARTS) is 1. The van der Waals surface area contributed by atoms with Gasteiger partial charge in [-0.05, 0) is 53.4 Å². The molecule has 0 saturated carbocycles. The average Bonchev–Trinajstić information content (AvgIpc) is 2.45. The molecule has 0 fully saturated rings. The summed E-state index contributed by atoms with van der Waals surface area (Å²) >= 11 is 3.40. The van der Waals surface area contributed by atoms with E-state index in [-0.39, 0.29) is 12.3 Å². The molecule has 0 aliphatic heterocycles. The van der Waals surface area contributed by atoms with Gasteiger partial charge in [0, 0.05) is 6.42 Å². The molecule has 2 N–H and O–H groups in total. The van der Waals surface area contributed by atoms with E-state index in [4.69, 9.17) is 4.74 Å². The molecule has 1 rings (SSSR count). The van der Waals surface area contributed by atoms with E-state index in [1.165, 1.54) is 0 Å². The number of amides is 1. The van der Waals surface area contributed by atoms with Gasteiger partial charge in [0.1, 0.15) is 11.3 Å². The summed E-state index contributed by atoms with van der Waals surface area (Å²) in [6.45, 7) is 3.43. The minimum atomic E-state index is -1.20. The number of aryl methyl sites for hydroxylation is 1. The molecule has 1 atom stereocenters. The molecule has 22 heavy (non-hydrogen) atoms. The lowest BCUT2D eigenvalue weighted by atomic mass is 9.96. The van der Waals surface area contributed by atoms with Crippen molar-refractivity contribution in [3.05, 3.63) is 28.2 Å². The SMILES string of the molecule is CCCC(C)(NC(=O)CCc1ccc(OC)c(Br)c1)C(=O)O. The number of carbonyl (C=O) groups excluding carboxylic acids is 1. The summed E-state index contributed by atoms with van der Waals surface area (Å²) < 4.78 is 5.98. The number of hydrogen-bond acceptors (Lipinski definition) is 3. The van der Waals surface area contributed by atoms with Crippen molar-refractivity contribution < 1.29 is 19.4 Å². The zero-order chi connectivity index (χ0) is 16.8. The summed E-state index contributed by atoms with van der Waals surface area (Å²) in [7, 11) is 1.59. The zero-order valence-electron chi connectivity index (χ0n) is 13.1. The normalized spacial score (nSPS) is 13.3. The van der Waals surface area contributed by atoms with Gasteiger partial charge >= 0.3 is 5.97 Å². The van der Waals surface area contributed by atoms with Gasteiger partial charge in [-0.1, -0.05) is 19.4 Å². The van der Waals surface area contributed by atoms with Crippen LogP contribution < -0.4 is 10.1 Å². The van der Waals surface area contributed by atoms with Gasteiger partial charge in [0.05, 0.1) is 11.6 Å². The van der Waals surface area contributed by atoms with Crippen molar-refractivity contribution in [1.29, 1.82) is 0 Å². The maximum Gasteiger partial charge on any atom is 0.329 e. The van der Waals surface area contributed by atoms with Gasteiger partial charge in [-0.25, -0.2) is 4.79 Å². The molecule has 1 amide bonds. The minimum absolute atomic E-state index is 0.241. The van der Waals surface area contributed by atoms with Gasteiger partial charge in [0.15, 0.2) is 0 Å². The second kappa shape index (κ2) is 8.17. The first kappa shape index (κ1) is 18.5. The highest BCUT2D eigenvalue weighted by Crippen LogP contribution is 2.26. The van der Waals surface area contributed by atoms with E-state index in [1.807, 2.05) is 25.1 Å². The van der Waals surface area contributed by atoms with Gasteiger partial charge in [-0.3, -0.25) is 4.79 Å². The van der Waals surface area contributed by atoms with E-state index in [9.17, 15) is 14.7 Å². The Balaban J connectivity index is 2.62. The van der Waals surface area contributed by atoms with Crippen molar-refractivity contribution in [2.45, 2.75) is 45.1 Å². The Morgan fingerprint density at radius 2 is 2.09 bits per heavy atom. The van der Waals surface area contributed by atoms with Crippen LogP contribution in [0.1, 0.15) is 38.7 Å². The van der Waals surface area contributed by atoms with Crippen LogP contribution in [-0.4, -0.2) is 29.6 Å². The molecule has 1 unspecified atom stereocenters. The quantitative estimate of drug-likeness (QED) is 0.735. The van der Waals surface area contributed by atoms with Crippen LogP contribution in [0, 0.1) is 0 Å². The zero-order valence-corrected chi connectivity index (χ0v) is 14.7. The van der Waals surface area contributed by atoms with Crippen molar-refractivity contribution in [3.8, 4) is 5.75 Å². The Bertz CT molecular complexity index is 547. The van der Waals surface area contributed by atoms with Gasteiger partial charge in [0.25, 0.3) is 0 Å². The Hall–Kier alpha value is -1.56. The van der Waals surface area contributed by atoms with Gasteiger partial charge in [-0.15, -0.1) is 0 Å². The third-order valence-electron chi connectivity index (χ3n) is 3.49. The van der Waals surface area contributed by atoms with Gasteiger partial charge < -0.3 is 15.2 Å². The van der Waals surface area contributed by atoms with Crippen LogP contribution in [0.15, 0.2) is 22.7 Å². The lowest BCUT2D eigenvalue weighted by Crippen LogP contribution is -2.52. The molecule has 6 heteroatoms. The molecule has 0 radical (unpaired) electrons. The number of carboxylic acids is 1. The molecule has 0 spiro atoms. The van der Waals surface area contributed by atoms with Crippen molar-refractivity contribution in [3.63, 3.8) is 0 Å². The maximum absolute atomic E-state index is 12.0. The van der Waals surface area contributed by atoms with Gasteiger partial charge in [-0.2, -0.15) is 0 Å². The van der Waals surface area contributed by atoms with E-state index < -0.39 is 11.5 Å². The predicted molar refractivity (Wildman–Crippen MR) is 88.1 cm³/mol. The summed E-state index contributed by atoms with van der Waals surface area (Å²) in [4.78, 5) is 23.3. The van der Waals surface area contributed by atoms with Crippen molar-refractivity contribution in [2.24, 2.45) is 0 Å². The van der Waals surface area contributed by atoms with Crippen molar-refractivity contribution >= 4 is 27.8 Å². The number of hydrogen-bond donors (Lipinski definition) is 2. The Morgan fingerprint density at radius 1 is 1.41 bits per heavy atom. The lowest BCUT2D eigenvalue weighted by Gasteiger charge is -2.25. The summed E-state index contributed by atoms with van der Waals surface area (Å²) in [6, 6.07) is 5.61. The third kappa shape index (κ3) is 5.02. The Kier molecular flexibility index (Phi) is 6.87. The highest BCUT2D eigenvalue weighted by atomic mass is 79.9. The van der Waals surface area contributed by atoms with E-state index in [1.54, 1.807) is 14.0 Å². The highest BCUT2D eigenvalue weighted by Gasteiger charge is 2.33. The van der Waals surface area contributed by atoms with E-state index in [0.29, 0.717) is 19.3 Å². The fraction of sp³-hybridized carbons (Fsp3) is 0.500. The maximum atomic E-state index is 12.0. The van der Waals surface area contributed by atoms with Crippen LogP contribution >= 0.6 is 15.9 Å². The van der Waals surface area contributed by atoms with Gasteiger partial charge in [0.2, 0.25) is 5.91 Å². The number of benzene rings is 1. The number of carbonyl (C=O) groups is 2. The van der Waals surface area contributed by atoms with Crippen LogP contribution in [0.2, 0.25) is 0 Å². The number of methoxy groups -OCH3 is 1. The minimum Gasteiger partial charge on any atom is -0.496 e. The largest absolute Gasteiger partial charge is 0.496 e. The molecule has 0 aliphatic rings. The average molecular weight is 372 g/mol. The van der Waals surface area contributed by atoms with Crippen LogP contribution in [0.4, 0.5) is 0 Å². The fourth-order valence-electron chi connectivity index (χ4n) is 2.22. The third-order valence-corrected chi connectivity index (χ3v) is 4.11. The molecular weight excluding hydrogens is 350 g/mol. The second-order valence-electron chi connectivity index (χ2n) is 5.40. The van der Waals surface area contributed by atoms with Crippen LogP contribution in [0.3, 0.4) is 0 Å². The summed E-state index contributed by atoms with van der Waals surface area (Å²) in [6.07, 6.45) is 1.87. The monoisotopic (exact) mass is 371 g/mol. The van der Waals surface area contributed by atoms with Crippen LogP contribution in [-0.2, 0) is 16.0 Å². The van der Waals surface area contributed by atoms with Crippen molar-refractivity contribution in [2.75, 3.05) is 7.11 Å². The Morgan fingerprint density at radius 3 is 2.59 bits per heavy atom. The van der Waals surface area contributed by atoms with E-state index in [2.05, 4.69) is 21.2 Å². The summed E-state index contributed by atoms with van der Waals surface area (Å²) in [5, 5.41) is 11.9. The molecule has 1 aromatic rings. The predicted octanol–water partition coefficient (Wildman–Crippen LogP) is 3.15. The molecule has 0 heterocycles. The second-order valence-corrected chi connectivity index (χ2v) is 6.26. The summed E-state index contributed by atoms with van der Waals surface area (Å²) in [5.41, 5.74) is -0.220. The van der Waals surface area contributed by atoms with Crippen LogP contribution in [0.5, 0.6) is 5.75 Å². The first-order chi connectivity index (χ1) is 10.3. The standard InChI is InChI=1S/C16H22BrNO4/c1-4-9-16(2,15(20)21)18-14(19)8-6-11-5-7-13(22-3)12(17)10-11/h5,7,10H,4,6,8-9H2,1-3H3,(H,18,19)(H,20,21). The smallest absolute Gasteiger partial charge is 0.329 e. The Labute approximate surface area is 139 Å². The highest BCUT2D eigenvalue weighted by molar-refractivity contribution is 9.10. The lowest BCUT2D eigenvalue weighted by molar-refractivity contribution is -0.147. The summed E-state index contributed by atoms with van der Waals surface area (Å²) in [5.74, 6) is -0.533. The first-order valence-electron chi connectivity index (χ1n) is 7.19. The number of ether oxygens (including phenoxy) is 1. The number of nitrogens with one attached hydrogen (secondary N) is 1. The molecule has 0 aromatic heterocycles. The molecule has 0 saturated heterocycles. The molecule has 122 valence electrons. The number of aliphatic carboxylic acids is 1. The number of rotatable bonds is 8. The topological polar surface area (TPSA) is 75.6 Å². The van der Waals surface area contributed by atoms with E-state index >= 15 is 0 Å². The van der Waals surface area contributed by atoms with Crippen LogP contribution in [0.25, 0.3) is 0 Å². The van der Waals surface area contributed by atoms with Crippen molar-refractivity contribution in [1.82, 2.24) is 5.32 Å². The molecule has 1 aromatic carbocycles. The first-order valence-corrected chi connectivity index (χ1v) is 7.98. The van der Waals surface area contributed by atoms with E-state index in [0.717, 1.165) is 15.8 Å².